The third kappa shape index (κ3) is 2.97. The van der Waals surface area contributed by atoms with E-state index in [1.54, 1.807) is 18.6 Å². The number of methoxy groups -OCH3 is 2. The topological polar surface area (TPSA) is 79.1 Å². The molecule has 8 heteroatoms. The zero-order valence-corrected chi connectivity index (χ0v) is 18.0. The number of hydrogen-bond acceptors (Lipinski definition) is 7. The van der Waals surface area contributed by atoms with Crippen molar-refractivity contribution in [2.24, 2.45) is 10.9 Å². The molecule has 3 aromatic rings. The maximum absolute atomic E-state index is 13.5. The molecule has 2 aliphatic heterocycles. The highest BCUT2D eigenvalue weighted by Gasteiger charge is 2.55. The first kappa shape index (κ1) is 19.6. The van der Waals surface area contributed by atoms with E-state index in [9.17, 15) is 9.59 Å². The third-order valence-corrected chi connectivity index (χ3v) is 6.71. The molecule has 1 aromatic heterocycles. The molecule has 5 rings (SSSR count). The van der Waals surface area contributed by atoms with Gasteiger partial charge in [-0.05, 0) is 36.8 Å². The zero-order valence-electron chi connectivity index (χ0n) is 17.2. The molecular formula is C23H20N2O5S. The summed E-state index contributed by atoms with van der Waals surface area (Å²) in [5.41, 5.74) is 0.228. The van der Waals surface area contributed by atoms with Gasteiger partial charge in [-0.3, -0.25) is 14.2 Å². The van der Waals surface area contributed by atoms with E-state index in [-0.39, 0.29) is 5.56 Å². The molecule has 3 heterocycles. The first-order valence-electron chi connectivity index (χ1n) is 9.78. The summed E-state index contributed by atoms with van der Waals surface area (Å²) < 4.78 is 18.6. The summed E-state index contributed by atoms with van der Waals surface area (Å²) in [5.74, 6) is 0.0713. The summed E-state index contributed by atoms with van der Waals surface area (Å²) in [6.45, 7) is 1.76. The number of para-hydroxylation sites is 1. The lowest BCUT2D eigenvalue weighted by molar-refractivity contribution is -0.158. The number of hydrogen-bond donors (Lipinski definition) is 0. The van der Waals surface area contributed by atoms with Crippen molar-refractivity contribution < 1.29 is 19.0 Å². The maximum atomic E-state index is 13.5. The number of carbonyl (C=O) groups excluding carboxylic acids is 1. The molecule has 0 spiro atoms. The molecule has 158 valence electrons. The molecule has 0 fully saturated rings. The van der Waals surface area contributed by atoms with Gasteiger partial charge in [-0.15, -0.1) is 0 Å². The van der Waals surface area contributed by atoms with Crippen LogP contribution >= 0.6 is 11.3 Å². The Morgan fingerprint density at radius 3 is 2.81 bits per heavy atom. The molecule has 7 nitrogen and oxygen atoms in total. The van der Waals surface area contributed by atoms with Crippen LogP contribution in [0.3, 0.4) is 0 Å². The molecule has 31 heavy (non-hydrogen) atoms. The van der Waals surface area contributed by atoms with Gasteiger partial charge < -0.3 is 14.2 Å². The fourth-order valence-electron chi connectivity index (χ4n) is 4.31. The molecule has 0 radical (unpaired) electrons. The molecule has 0 aliphatic carbocycles. The lowest BCUT2D eigenvalue weighted by Crippen LogP contribution is -2.58. The monoisotopic (exact) mass is 436 g/mol. The van der Waals surface area contributed by atoms with Crippen LogP contribution in [0.25, 0.3) is 6.08 Å². The Labute approximate surface area is 181 Å². The molecule has 0 N–H and O–H groups in total. The zero-order chi connectivity index (χ0) is 21.8. The molecule has 2 aliphatic rings. The maximum Gasteiger partial charge on any atom is 0.317 e. The molecule has 2 aromatic carbocycles. The van der Waals surface area contributed by atoms with Crippen LogP contribution in [-0.2, 0) is 9.53 Å². The van der Waals surface area contributed by atoms with Crippen molar-refractivity contribution in [3.8, 4) is 11.5 Å². The van der Waals surface area contributed by atoms with Gasteiger partial charge in [0.15, 0.2) is 4.80 Å². The van der Waals surface area contributed by atoms with E-state index in [0.717, 1.165) is 11.1 Å². The van der Waals surface area contributed by atoms with Gasteiger partial charge in [0.1, 0.15) is 17.4 Å². The van der Waals surface area contributed by atoms with Crippen molar-refractivity contribution in [3.05, 3.63) is 79.3 Å². The van der Waals surface area contributed by atoms with Crippen LogP contribution in [0.1, 0.15) is 24.1 Å². The fraction of sp³-hybridized carbons (Fsp3) is 0.261. The number of carbonyl (C=O) groups is 1. The van der Waals surface area contributed by atoms with Crippen LogP contribution in [-0.4, -0.2) is 30.5 Å². The highest BCUT2D eigenvalue weighted by Crippen LogP contribution is 2.47. The summed E-state index contributed by atoms with van der Waals surface area (Å²) in [6.07, 6.45) is 1.81. The predicted molar refractivity (Wildman–Crippen MR) is 115 cm³/mol. The van der Waals surface area contributed by atoms with Gasteiger partial charge >= 0.3 is 5.97 Å². The van der Waals surface area contributed by atoms with Gasteiger partial charge in [-0.25, -0.2) is 4.99 Å². The average molecular weight is 436 g/mol. The Kier molecular flexibility index (Phi) is 4.48. The lowest BCUT2D eigenvalue weighted by atomic mass is 9.81. The van der Waals surface area contributed by atoms with E-state index in [4.69, 9.17) is 19.2 Å². The van der Waals surface area contributed by atoms with E-state index < -0.39 is 23.7 Å². The van der Waals surface area contributed by atoms with Crippen LogP contribution in [0.2, 0.25) is 0 Å². The number of nitrogens with zero attached hydrogens (tertiary/aromatic N) is 2. The summed E-state index contributed by atoms with van der Waals surface area (Å²) in [7, 11) is 2.93. The van der Waals surface area contributed by atoms with Crippen LogP contribution in [0.4, 0.5) is 0 Å². The lowest BCUT2D eigenvalue weighted by Gasteiger charge is -2.44. The van der Waals surface area contributed by atoms with Crippen molar-refractivity contribution >= 4 is 23.4 Å². The van der Waals surface area contributed by atoms with E-state index >= 15 is 0 Å². The van der Waals surface area contributed by atoms with E-state index in [1.165, 1.54) is 18.4 Å². The highest BCUT2D eigenvalue weighted by atomic mass is 32.1. The Morgan fingerprint density at radius 1 is 1.23 bits per heavy atom. The second kappa shape index (κ2) is 7.09. The fourth-order valence-corrected chi connectivity index (χ4v) is 5.41. The highest BCUT2D eigenvalue weighted by molar-refractivity contribution is 7.07. The quantitative estimate of drug-likeness (QED) is 0.586. The second-order valence-electron chi connectivity index (χ2n) is 7.60. The normalized spacial score (nSPS) is 23.8. The molecule has 2 bridgehead atoms. The van der Waals surface area contributed by atoms with Crippen LogP contribution in [0.5, 0.6) is 11.5 Å². The predicted octanol–water partition coefficient (Wildman–Crippen LogP) is 1.87. The summed E-state index contributed by atoms with van der Waals surface area (Å²) >= 11 is 1.28. The number of fused-ring (bicyclic) bond motifs is 6. The van der Waals surface area contributed by atoms with Crippen molar-refractivity contribution in [1.82, 2.24) is 4.57 Å². The number of ether oxygens (including phenoxy) is 3. The second-order valence-corrected chi connectivity index (χ2v) is 8.61. The summed E-state index contributed by atoms with van der Waals surface area (Å²) in [5, 5.41) is 0. The van der Waals surface area contributed by atoms with Crippen molar-refractivity contribution in [2.45, 2.75) is 18.7 Å². The molecule has 0 saturated heterocycles. The van der Waals surface area contributed by atoms with Crippen molar-refractivity contribution in [1.29, 1.82) is 0 Å². The third-order valence-electron chi connectivity index (χ3n) is 5.73. The minimum atomic E-state index is -1.17. The number of esters is 1. The summed E-state index contributed by atoms with van der Waals surface area (Å²) in [4.78, 5) is 31.5. The minimum Gasteiger partial charge on any atom is -0.497 e. The van der Waals surface area contributed by atoms with Crippen LogP contribution < -0.4 is 24.4 Å². The van der Waals surface area contributed by atoms with Gasteiger partial charge in [0.2, 0.25) is 5.72 Å². The number of thiazole rings is 1. The Hall–Kier alpha value is -3.39. The molecule has 0 saturated carbocycles. The Balaban J connectivity index is 1.77. The molecule has 0 amide bonds. The van der Waals surface area contributed by atoms with Gasteiger partial charge in [0, 0.05) is 5.56 Å². The minimum absolute atomic E-state index is 0.204. The Morgan fingerprint density at radius 2 is 2.03 bits per heavy atom. The van der Waals surface area contributed by atoms with Gasteiger partial charge in [-0.2, -0.15) is 0 Å². The van der Waals surface area contributed by atoms with Crippen molar-refractivity contribution in [2.75, 3.05) is 14.2 Å². The summed E-state index contributed by atoms with van der Waals surface area (Å²) in [6, 6.07) is 14.3. The largest absolute Gasteiger partial charge is 0.497 e. The number of benzene rings is 2. The van der Waals surface area contributed by atoms with E-state index in [0.29, 0.717) is 20.8 Å². The van der Waals surface area contributed by atoms with Gasteiger partial charge in [0.05, 0.1) is 24.8 Å². The SMILES string of the molecule is COC(=O)[C@@H]1[C@@H]2c3ccccc3O[C@]1(C)N=c1s/c(=C/c3cccc(OC)c3)c(=O)n12. The smallest absolute Gasteiger partial charge is 0.317 e. The van der Waals surface area contributed by atoms with Gasteiger partial charge in [0.25, 0.3) is 5.56 Å². The van der Waals surface area contributed by atoms with E-state index in [2.05, 4.69) is 0 Å². The first-order chi connectivity index (χ1) is 14.9. The van der Waals surface area contributed by atoms with Crippen LogP contribution in [0.15, 0.2) is 58.3 Å². The van der Waals surface area contributed by atoms with E-state index in [1.807, 2.05) is 54.6 Å². The van der Waals surface area contributed by atoms with Crippen molar-refractivity contribution in [3.63, 3.8) is 0 Å². The number of rotatable bonds is 3. The molecular weight excluding hydrogens is 416 g/mol. The van der Waals surface area contributed by atoms with Gasteiger partial charge in [-0.1, -0.05) is 41.7 Å². The standard InChI is InChI=1S/C23H20N2O5S/c1-23-18(21(27)29-3)19(15-9-4-5-10-16(15)30-23)25-20(26)17(31-22(25)24-23)12-13-7-6-8-14(11-13)28-2/h4-12,18-19H,1-3H3/b17-12+/t18-,19-,23-/m0/s1. The van der Waals surface area contributed by atoms with Crippen LogP contribution in [0, 0.1) is 5.92 Å². The first-order valence-corrected chi connectivity index (χ1v) is 10.6. The molecule has 0 unspecified atom stereocenters. The molecule has 3 atom stereocenters. The Bertz CT molecular complexity index is 1380. The average Bonchev–Trinajstić information content (AvgIpc) is 3.06. The number of aromatic nitrogens is 1.